The van der Waals surface area contributed by atoms with E-state index in [1.54, 1.807) is 44.7 Å². The fraction of sp³-hybridized carbons (Fsp3) is 0.630. The molecule has 2 N–H and O–H groups in total. The van der Waals surface area contributed by atoms with Crippen LogP contribution in [0.15, 0.2) is 24.3 Å². The summed E-state index contributed by atoms with van der Waals surface area (Å²) in [6, 6.07) is 5.47. The van der Waals surface area contributed by atoms with Gasteiger partial charge in [0.1, 0.15) is 24.2 Å². The average molecular weight is 538 g/mol. The van der Waals surface area contributed by atoms with E-state index in [1.165, 1.54) is 12.0 Å². The van der Waals surface area contributed by atoms with Gasteiger partial charge < -0.3 is 25.0 Å². The predicted octanol–water partition coefficient (Wildman–Crippen LogP) is 3.99. The number of benzene rings is 1. The standard InChI is InChI=1S/C27H43N3O6S/c1-8-9-10-16-30(25(33)21(15-17-37-7)29-26(34)36-27(3,4)5)23(20-13-11-19(2)12-14-20)24(32)28-18-22(31)35-6/h11-14,21,23H,8-10,15-18H2,1-7H3,(H,28,32)(H,29,34). The maximum Gasteiger partial charge on any atom is 0.408 e. The van der Waals surface area contributed by atoms with Crippen LogP contribution in [0, 0.1) is 6.92 Å². The molecule has 0 fully saturated rings. The zero-order valence-corrected chi connectivity index (χ0v) is 24.0. The van der Waals surface area contributed by atoms with Crippen LogP contribution in [0.5, 0.6) is 0 Å². The monoisotopic (exact) mass is 537 g/mol. The third kappa shape index (κ3) is 11.9. The summed E-state index contributed by atoms with van der Waals surface area (Å²) in [5, 5.41) is 5.32. The molecule has 9 nitrogen and oxygen atoms in total. The van der Waals surface area contributed by atoms with Crippen LogP contribution in [0.2, 0.25) is 0 Å². The number of esters is 1. The number of ether oxygens (including phenoxy) is 2. The molecule has 10 heteroatoms. The molecule has 0 radical (unpaired) electrons. The van der Waals surface area contributed by atoms with Gasteiger partial charge in [-0.15, -0.1) is 0 Å². The first-order chi connectivity index (χ1) is 17.4. The van der Waals surface area contributed by atoms with Crippen molar-refractivity contribution in [3.05, 3.63) is 35.4 Å². The summed E-state index contributed by atoms with van der Waals surface area (Å²) in [4.78, 5) is 53.3. The lowest BCUT2D eigenvalue weighted by Crippen LogP contribution is -2.53. The number of methoxy groups -OCH3 is 1. The molecule has 0 saturated heterocycles. The van der Waals surface area contributed by atoms with Crippen molar-refractivity contribution in [3.8, 4) is 0 Å². The molecule has 1 aromatic carbocycles. The van der Waals surface area contributed by atoms with Crippen LogP contribution >= 0.6 is 11.8 Å². The van der Waals surface area contributed by atoms with Crippen LogP contribution in [0.1, 0.15) is 70.5 Å². The highest BCUT2D eigenvalue weighted by Crippen LogP contribution is 2.25. The number of amides is 3. The quantitative estimate of drug-likeness (QED) is 0.272. The first-order valence-electron chi connectivity index (χ1n) is 12.6. The Labute approximate surface area is 225 Å². The predicted molar refractivity (Wildman–Crippen MR) is 146 cm³/mol. The molecule has 0 aliphatic carbocycles. The van der Waals surface area contributed by atoms with E-state index in [0.717, 1.165) is 18.4 Å². The fourth-order valence-corrected chi connectivity index (χ4v) is 4.06. The number of nitrogens with one attached hydrogen (secondary N) is 2. The number of alkyl carbamates (subject to hydrolysis) is 1. The van der Waals surface area contributed by atoms with E-state index in [-0.39, 0.29) is 12.5 Å². The van der Waals surface area contributed by atoms with Crippen molar-refractivity contribution in [1.82, 2.24) is 15.5 Å². The Bertz CT molecular complexity index is 885. The molecule has 0 bridgehead atoms. The second kappa shape index (κ2) is 16.2. The highest BCUT2D eigenvalue weighted by atomic mass is 32.2. The number of unbranched alkanes of at least 4 members (excludes halogenated alkanes) is 2. The Morgan fingerprint density at radius 2 is 1.73 bits per heavy atom. The summed E-state index contributed by atoms with van der Waals surface area (Å²) in [5.41, 5.74) is 0.889. The zero-order valence-electron chi connectivity index (χ0n) is 23.2. The van der Waals surface area contributed by atoms with Crippen molar-refractivity contribution < 1.29 is 28.7 Å². The van der Waals surface area contributed by atoms with Gasteiger partial charge in [0.05, 0.1) is 7.11 Å². The van der Waals surface area contributed by atoms with E-state index in [2.05, 4.69) is 22.3 Å². The van der Waals surface area contributed by atoms with Crippen LogP contribution in [-0.2, 0) is 23.9 Å². The number of thioether (sulfide) groups is 1. The van der Waals surface area contributed by atoms with Crippen molar-refractivity contribution in [2.45, 2.75) is 78.0 Å². The number of carbonyl (C=O) groups is 4. The summed E-state index contributed by atoms with van der Waals surface area (Å²) in [6.07, 6.45) is 4.07. The van der Waals surface area contributed by atoms with E-state index in [0.29, 0.717) is 30.7 Å². The number of rotatable bonds is 14. The lowest BCUT2D eigenvalue weighted by Gasteiger charge is -2.34. The zero-order chi connectivity index (χ0) is 28.0. The van der Waals surface area contributed by atoms with Gasteiger partial charge in [0.2, 0.25) is 11.8 Å². The van der Waals surface area contributed by atoms with Gasteiger partial charge in [-0.2, -0.15) is 11.8 Å². The molecule has 1 rings (SSSR count). The SMILES string of the molecule is CCCCCN(C(=O)C(CCSC)NC(=O)OC(C)(C)C)C(C(=O)NCC(=O)OC)c1ccc(C)cc1. The third-order valence-electron chi connectivity index (χ3n) is 5.47. The molecule has 3 amide bonds. The first kappa shape index (κ1) is 32.3. The summed E-state index contributed by atoms with van der Waals surface area (Å²) < 4.78 is 10.1. The summed E-state index contributed by atoms with van der Waals surface area (Å²) in [5.74, 6) is -0.849. The maximum absolute atomic E-state index is 14.0. The molecule has 0 heterocycles. The van der Waals surface area contributed by atoms with Gasteiger partial charge in [0.15, 0.2) is 0 Å². The van der Waals surface area contributed by atoms with Crippen LogP contribution in [-0.4, -0.2) is 72.6 Å². The van der Waals surface area contributed by atoms with E-state index >= 15 is 0 Å². The summed E-state index contributed by atoms with van der Waals surface area (Å²) >= 11 is 1.55. The minimum absolute atomic E-state index is 0.308. The van der Waals surface area contributed by atoms with Crippen molar-refractivity contribution >= 4 is 35.6 Å². The number of hydrogen-bond donors (Lipinski definition) is 2. The molecular formula is C27H43N3O6S. The Hall–Kier alpha value is -2.75. The summed E-state index contributed by atoms with van der Waals surface area (Å²) in [6.45, 7) is 9.23. The highest BCUT2D eigenvalue weighted by Gasteiger charge is 2.36. The Morgan fingerprint density at radius 1 is 1.08 bits per heavy atom. The fourth-order valence-electron chi connectivity index (χ4n) is 3.59. The minimum atomic E-state index is -0.994. The van der Waals surface area contributed by atoms with Crippen molar-refractivity contribution in [2.24, 2.45) is 0 Å². The van der Waals surface area contributed by atoms with Crippen molar-refractivity contribution in [1.29, 1.82) is 0 Å². The first-order valence-corrected chi connectivity index (χ1v) is 14.0. The molecule has 2 unspecified atom stereocenters. The highest BCUT2D eigenvalue weighted by molar-refractivity contribution is 7.98. The molecule has 0 aliphatic rings. The molecule has 1 aromatic rings. The second-order valence-electron chi connectivity index (χ2n) is 9.83. The van der Waals surface area contributed by atoms with E-state index < -0.39 is 35.7 Å². The van der Waals surface area contributed by atoms with Gasteiger partial charge in [-0.05, 0) is 58.1 Å². The second-order valence-corrected chi connectivity index (χ2v) is 10.8. The van der Waals surface area contributed by atoms with Gasteiger partial charge in [0.25, 0.3) is 0 Å². The normalized spacial score (nSPS) is 12.7. The van der Waals surface area contributed by atoms with E-state index in [1.807, 2.05) is 25.3 Å². The van der Waals surface area contributed by atoms with Gasteiger partial charge in [-0.1, -0.05) is 49.6 Å². The van der Waals surface area contributed by atoms with Gasteiger partial charge >= 0.3 is 12.1 Å². The Balaban J connectivity index is 3.43. The van der Waals surface area contributed by atoms with Crippen LogP contribution in [0.3, 0.4) is 0 Å². The van der Waals surface area contributed by atoms with Gasteiger partial charge in [0, 0.05) is 6.54 Å². The van der Waals surface area contributed by atoms with E-state index in [4.69, 9.17) is 4.74 Å². The molecule has 0 aliphatic heterocycles. The van der Waals surface area contributed by atoms with Gasteiger partial charge in [-0.25, -0.2) is 4.79 Å². The molecule has 0 aromatic heterocycles. The molecule has 2 atom stereocenters. The van der Waals surface area contributed by atoms with Crippen LogP contribution in [0.4, 0.5) is 4.79 Å². The smallest absolute Gasteiger partial charge is 0.408 e. The largest absolute Gasteiger partial charge is 0.468 e. The topological polar surface area (TPSA) is 114 Å². The van der Waals surface area contributed by atoms with E-state index in [9.17, 15) is 19.2 Å². The molecule has 208 valence electrons. The third-order valence-corrected chi connectivity index (χ3v) is 6.12. The number of nitrogens with zero attached hydrogens (tertiary/aromatic N) is 1. The van der Waals surface area contributed by atoms with Crippen LogP contribution < -0.4 is 10.6 Å². The molecule has 0 saturated carbocycles. The van der Waals surface area contributed by atoms with Crippen LogP contribution in [0.25, 0.3) is 0 Å². The molecule has 0 spiro atoms. The summed E-state index contributed by atoms with van der Waals surface area (Å²) in [7, 11) is 1.24. The maximum atomic E-state index is 14.0. The minimum Gasteiger partial charge on any atom is -0.468 e. The number of carbonyl (C=O) groups excluding carboxylic acids is 4. The van der Waals surface area contributed by atoms with Gasteiger partial charge in [-0.3, -0.25) is 14.4 Å². The number of hydrogen-bond acceptors (Lipinski definition) is 7. The molecule has 37 heavy (non-hydrogen) atoms. The lowest BCUT2D eigenvalue weighted by atomic mass is 10.0. The lowest BCUT2D eigenvalue weighted by molar-refractivity contribution is -0.144. The van der Waals surface area contributed by atoms with Crippen molar-refractivity contribution in [3.63, 3.8) is 0 Å². The number of aryl methyl sites for hydroxylation is 1. The average Bonchev–Trinajstić information content (AvgIpc) is 2.83. The van der Waals surface area contributed by atoms with Crippen molar-refractivity contribution in [2.75, 3.05) is 32.2 Å². The molecular weight excluding hydrogens is 494 g/mol. The Morgan fingerprint density at radius 3 is 2.27 bits per heavy atom. The Kier molecular flexibility index (Phi) is 14.1.